The lowest BCUT2D eigenvalue weighted by molar-refractivity contribution is 0.0507. The van der Waals surface area contributed by atoms with Crippen molar-refractivity contribution in [3.05, 3.63) is 35.4 Å². The number of oxime groups is 1. The van der Waals surface area contributed by atoms with E-state index in [2.05, 4.69) is 25.9 Å². The summed E-state index contributed by atoms with van der Waals surface area (Å²) >= 11 is 0. The highest BCUT2D eigenvalue weighted by Gasteiger charge is 2.60. The second-order valence-corrected chi connectivity index (χ2v) is 7.23. The van der Waals surface area contributed by atoms with Gasteiger partial charge in [0.1, 0.15) is 0 Å². The Morgan fingerprint density at radius 1 is 1.29 bits per heavy atom. The summed E-state index contributed by atoms with van der Waals surface area (Å²) in [5.74, 6) is 0.309. The van der Waals surface area contributed by atoms with E-state index >= 15 is 0 Å². The van der Waals surface area contributed by atoms with Crippen LogP contribution in [0.2, 0.25) is 0 Å². The molecule has 0 saturated heterocycles. The van der Waals surface area contributed by atoms with Gasteiger partial charge in [-0.25, -0.2) is 4.79 Å². The molecule has 2 aliphatic carbocycles. The Kier molecular flexibility index (Phi) is 3.19. The zero-order valence-corrected chi connectivity index (χ0v) is 13.3. The number of hydrogen-bond donors (Lipinski definition) is 0. The molecule has 0 N–H and O–H groups in total. The predicted molar refractivity (Wildman–Crippen MR) is 83.3 cm³/mol. The fourth-order valence-corrected chi connectivity index (χ4v) is 4.01. The molecule has 2 atom stereocenters. The summed E-state index contributed by atoms with van der Waals surface area (Å²) in [6, 6.07) is 7.45. The van der Waals surface area contributed by atoms with Gasteiger partial charge in [-0.3, -0.25) is 0 Å². The first kappa shape index (κ1) is 14.3. The maximum absolute atomic E-state index is 12.2. The highest BCUT2D eigenvalue weighted by Crippen LogP contribution is 2.63. The minimum absolute atomic E-state index is 0.0731. The highest BCUT2D eigenvalue weighted by atomic mass is 16.7. The zero-order valence-electron chi connectivity index (χ0n) is 13.3. The number of nitrogens with zero attached hydrogens (tertiary/aromatic N) is 1. The van der Waals surface area contributed by atoms with E-state index in [1.165, 1.54) is 6.42 Å². The summed E-state index contributed by atoms with van der Waals surface area (Å²) in [5.41, 5.74) is 2.90. The normalized spacial score (nSPS) is 31.6. The van der Waals surface area contributed by atoms with Crippen molar-refractivity contribution in [2.75, 3.05) is 0 Å². The molecule has 0 unspecified atom stereocenters. The molecule has 3 nitrogen and oxygen atoms in total. The third-order valence-corrected chi connectivity index (χ3v) is 6.12. The van der Waals surface area contributed by atoms with E-state index in [1.807, 2.05) is 25.1 Å². The fraction of sp³-hybridized carbons (Fsp3) is 0.556. The Hall–Kier alpha value is -1.64. The van der Waals surface area contributed by atoms with Crippen molar-refractivity contribution in [3.63, 3.8) is 0 Å². The van der Waals surface area contributed by atoms with Gasteiger partial charge in [0, 0.05) is 5.41 Å². The first-order valence-corrected chi connectivity index (χ1v) is 7.70. The monoisotopic (exact) mass is 285 g/mol. The molecular weight excluding hydrogens is 262 g/mol. The minimum atomic E-state index is -0.357. The number of fused-ring (bicyclic) bond motifs is 2. The van der Waals surface area contributed by atoms with Crippen LogP contribution < -0.4 is 0 Å². The zero-order chi connectivity index (χ0) is 15.3. The molecule has 2 bridgehead atoms. The second kappa shape index (κ2) is 4.69. The maximum atomic E-state index is 12.2. The lowest BCUT2D eigenvalue weighted by Gasteiger charge is -2.34. The van der Waals surface area contributed by atoms with Crippen molar-refractivity contribution in [2.45, 2.75) is 47.0 Å². The fourth-order valence-electron chi connectivity index (χ4n) is 4.01. The Morgan fingerprint density at radius 3 is 2.57 bits per heavy atom. The van der Waals surface area contributed by atoms with Crippen LogP contribution >= 0.6 is 0 Å². The van der Waals surface area contributed by atoms with Gasteiger partial charge < -0.3 is 4.84 Å². The number of rotatable bonds is 2. The van der Waals surface area contributed by atoms with Crippen molar-refractivity contribution in [1.29, 1.82) is 0 Å². The average Bonchev–Trinajstić information content (AvgIpc) is 2.78. The molecule has 0 aromatic heterocycles. The van der Waals surface area contributed by atoms with E-state index in [1.54, 1.807) is 6.07 Å². The summed E-state index contributed by atoms with van der Waals surface area (Å²) < 4.78 is 0. The molecule has 1 aromatic carbocycles. The minimum Gasteiger partial charge on any atom is -0.313 e. The highest BCUT2D eigenvalue weighted by molar-refractivity contribution is 5.96. The molecule has 0 amide bonds. The van der Waals surface area contributed by atoms with Gasteiger partial charge in [-0.15, -0.1) is 0 Å². The van der Waals surface area contributed by atoms with E-state index in [-0.39, 0.29) is 16.8 Å². The third-order valence-electron chi connectivity index (χ3n) is 6.12. The van der Waals surface area contributed by atoms with Gasteiger partial charge in [0.05, 0.1) is 11.3 Å². The molecule has 0 aliphatic heterocycles. The summed E-state index contributed by atoms with van der Waals surface area (Å²) in [4.78, 5) is 17.4. The number of benzene rings is 1. The molecule has 2 saturated carbocycles. The van der Waals surface area contributed by atoms with Crippen LogP contribution in [0.1, 0.15) is 56.0 Å². The molecule has 3 rings (SSSR count). The molecular formula is C18H23NO2. The van der Waals surface area contributed by atoms with Gasteiger partial charge in [0.15, 0.2) is 0 Å². The van der Waals surface area contributed by atoms with Gasteiger partial charge in [-0.1, -0.05) is 44.1 Å². The third kappa shape index (κ3) is 2.02. The van der Waals surface area contributed by atoms with E-state index in [0.29, 0.717) is 11.5 Å². The van der Waals surface area contributed by atoms with Gasteiger partial charge in [0.2, 0.25) is 0 Å². The molecule has 3 heteroatoms. The van der Waals surface area contributed by atoms with E-state index in [4.69, 9.17) is 4.84 Å². The quantitative estimate of drug-likeness (QED) is 0.598. The average molecular weight is 285 g/mol. The Morgan fingerprint density at radius 2 is 2.00 bits per heavy atom. The molecule has 112 valence electrons. The van der Waals surface area contributed by atoms with Crippen LogP contribution in [0.5, 0.6) is 0 Å². The van der Waals surface area contributed by atoms with Crippen LogP contribution in [-0.2, 0) is 4.84 Å². The van der Waals surface area contributed by atoms with Crippen LogP contribution in [0.4, 0.5) is 0 Å². The van der Waals surface area contributed by atoms with Gasteiger partial charge in [-0.2, -0.15) is 0 Å². The summed E-state index contributed by atoms with van der Waals surface area (Å²) in [5, 5.41) is 4.26. The van der Waals surface area contributed by atoms with Crippen molar-refractivity contribution in [2.24, 2.45) is 21.9 Å². The molecule has 0 radical (unpaired) electrons. The van der Waals surface area contributed by atoms with Gasteiger partial charge in [-0.05, 0) is 49.1 Å². The van der Waals surface area contributed by atoms with Crippen molar-refractivity contribution in [3.8, 4) is 0 Å². The first-order valence-electron chi connectivity index (χ1n) is 7.70. The van der Waals surface area contributed by atoms with Gasteiger partial charge >= 0.3 is 5.97 Å². The number of carbonyl (C=O) groups excluding carboxylic acids is 1. The van der Waals surface area contributed by atoms with E-state index in [9.17, 15) is 4.79 Å². The van der Waals surface area contributed by atoms with E-state index < -0.39 is 0 Å². The molecule has 0 spiro atoms. The second-order valence-electron chi connectivity index (χ2n) is 7.23. The number of carbonyl (C=O) groups is 1. The summed E-state index contributed by atoms with van der Waals surface area (Å²) in [6.45, 7) is 8.80. The van der Waals surface area contributed by atoms with Crippen molar-refractivity contribution < 1.29 is 9.63 Å². The van der Waals surface area contributed by atoms with Crippen molar-refractivity contribution in [1.82, 2.24) is 0 Å². The Bertz CT molecular complexity index is 617. The predicted octanol–water partition coefficient (Wildman–Crippen LogP) is 4.35. The van der Waals surface area contributed by atoms with Crippen LogP contribution in [0, 0.1) is 23.7 Å². The Balaban J connectivity index is 1.79. The molecule has 2 aliphatic rings. The molecule has 21 heavy (non-hydrogen) atoms. The Labute approximate surface area is 126 Å². The summed E-state index contributed by atoms with van der Waals surface area (Å²) in [6.07, 6.45) is 3.37. The standard InChI is InChI=1S/C18H23NO2/c1-12-7-5-6-8-14(12)16(20)21-19-15-11-13-9-10-18(15,4)17(13,2)3/h5-8,13H,9-11H2,1-4H3/b19-15+/t13-,18+/m1/s1. The van der Waals surface area contributed by atoms with Crippen LogP contribution in [-0.4, -0.2) is 11.7 Å². The van der Waals surface area contributed by atoms with E-state index in [0.717, 1.165) is 24.1 Å². The van der Waals surface area contributed by atoms with Crippen LogP contribution in [0.3, 0.4) is 0 Å². The maximum Gasteiger partial charge on any atom is 0.365 e. The SMILES string of the molecule is Cc1ccccc1C(=O)O/N=C1\C[C@H]2CC[C@]1(C)C2(C)C. The van der Waals surface area contributed by atoms with Crippen LogP contribution in [0.25, 0.3) is 0 Å². The lowest BCUT2D eigenvalue weighted by atomic mass is 9.70. The number of hydrogen-bond acceptors (Lipinski definition) is 3. The lowest BCUT2D eigenvalue weighted by Crippen LogP contribution is -2.32. The molecule has 2 fully saturated rings. The molecule has 1 aromatic rings. The number of aryl methyl sites for hydroxylation is 1. The smallest absolute Gasteiger partial charge is 0.313 e. The van der Waals surface area contributed by atoms with Crippen LogP contribution in [0.15, 0.2) is 29.4 Å². The largest absolute Gasteiger partial charge is 0.365 e. The summed E-state index contributed by atoms with van der Waals surface area (Å²) in [7, 11) is 0. The topological polar surface area (TPSA) is 38.7 Å². The first-order chi connectivity index (χ1) is 9.86. The van der Waals surface area contributed by atoms with Gasteiger partial charge in [0.25, 0.3) is 0 Å². The van der Waals surface area contributed by atoms with Crippen molar-refractivity contribution >= 4 is 11.7 Å². The molecule has 0 heterocycles.